The van der Waals surface area contributed by atoms with E-state index < -0.39 is 0 Å². The van der Waals surface area contributed by atoms with Crippen molar-refractivity contribution in [2.45, 2.75) is 77.2 Å². The molecule has 0 heterocycles. The van der Waals surface area contributed by atoms with Crippen molar-refractivity contribution in [3.63, 3.8) is 0 Å². The Balaban J connectivity index is 2.81. The average molecular weight is 261 g/mol. The van der Waals surface area contributed by atoms with E-state index in [4.69, 9.17) is 0 Å². The van der Waals surface area contributed by atoms with Crippen molar-refractivity contribution in [1.82, 2.24) is 0 Å². The molecule has 0 aromatic carbocycles. The van der Waals surface area contributed by atoms with Crippen molar-refractivity contribution in [1.29, 1.82) is 0 Å². The van der Waals surface area contributed by atoms with Crippen LogP contribution in [0.2, 0.25) is 6.04 Å². The fourth-order valence-corrected chi connectivity index (χ4v) is 10.4. The van der Waals surface area contributed by atoms with Gasteiger partial charge in [-0.05, 0) is 18.3 Å². The van der Waals surface area contributed by atoms with Crippen molar-refractivity contribution in [2.75, 3.05) is 0 Å². The zero-order chi connectivity index (χ0) is 11.2. The third-order valence-electron chi connectivity index (χ3n) is 3.21. The van der Waals surface area contributed by atoms with E-state index in [2.05, 4.69) is 6.92 Å². The Labute approximate surface area is 105 Å². The minimum absolute atomic E-state index is 0.569. The molecule has 3 heteroatoms. The molecule has 0 N–H and O–H groups in total. The van der Waals surface area contributed by atoms with Gasteiger partial charge >= 0.3 is 0 Å². The van der Waals surface area contributed by atoms with Gasteiger partial charge in [-0.2, -0.15) is 0 Å². The van der Waals surface area contributed by atoms with Crippen LogP contribution in [0, 0.1) is 0 Å². The van der Waals surface area contributed by atoms with Gasteiger partial charge in [-0.25, -0.2) is 0 Å². The Morgan fingerprint density at radius 3 is 1.67 bits per heavy atom. The van der Waals surface area contributed by atoms with Crippen LogP contribution in [-0.4, -0.2) is 27.4 Å². The molecule has 0 saturated carbocycles. The van der Waals surface area contributed by atoms with E-state index in [0.717, 1.165) is 0 Å². The summed E-state index contributed by atoms with van der Waals surface area (Å²) in [6.07, 6.45) is 15.0. The highest BCUT2D eigenvalue weighted by Gasteiger charge is 1.92. The Bertz CT molecular complexity index is 95.0. The smallest absolute Gasteiger partial charge is 0.00460 e. The maximum Gasteiger partial charge on any atom is 0.00460 e. The van der Waals surface area contributed by atoms with Gasteiger partial charge in [-0.15, -0.1) is 0 Å². The zero-order valence-corrected chi connectivity index (χ0v) is 16.0. The summed E-state index contributed by atoms with van der Waals surface area (Å²) >= 11 is 0. The van der Waals surface area contributed by atoms with Crippen LogP contribution in [0.3, 0.4) is 0 Å². The first kappa shape index (κ1) is 15.7. The molecule has 0 rings (SSSR count). The third kappa shape index (κ3) is 14.7. The van der Waals surface area contributed by atoms with E-state index in [0.29, 0.717) is 17.6 Å². The Kier molecular flexibility index (Phi) is 15.3. The largest absolute Gasteiger partial charge is 0.0655 e. The molecule has 0 nitrogen and oxygen atoms in total. The summed E-state index contributed by atoms with van der Waals surface area (Å²) in [4.78, 5) is 0. The molecule has 0 aliphatic carbocycles. The summed E-state index contributed by atoms with van der Waals surface area (Å²) in [5.41, 5.74) is 0. The lowest BCUT2D eigenvalue weighted by atomic mass is 10.1. The molecule has 0 fully saturated rings. The molecule has 0 aromatic rings. The molecule has 0 saturated heterocycles. The summed E-state index contributed by atoms with van der Waals surface area (Å²) in [6.45, 7) is 2.30. The van der Waals surface area contributed by atoms with E-state index in [-0.39, 0.29) is 0 Å². The highest BCUT2D eigenvalue weighted by atomic mass is 29.5. The summed E-state index contributed by atoms with van der Waals surface area (Å²) in [6, 6.07) is 1.70. The van der Waals surface area contributed by atoms with Crippen molar-refractivity contribution in [2.24, 2.45) is 0 Å². The van der Waals surface area contributed by atoms with E-state index in [1.807, 2.05) is 0 Å². The van der Waals surface area contributed by atoms with Gasteiger partial charge in [0.25, 0.3) is 0 Å². The van der Waals surface area contributed by atoms with Crippen molar-refractivity contribution < 1.29 is 0 Å². The van der Waals surface area contributed by atoms with Crippen LogP contribution in [0.25, 0.3) is 0 Å². The molecule has 0 aromatic heterocycles. The van der Waals surface area contributed by atoms with Crippen molar-refractivity contribution >= 4 is 27.4 Å². The summed E-state index contributed by atoms with van der Waals surface area (Å²) in [5.74, 6) is 0. The van der Waals surface area contributed by atoms with Crippen LogP contribution >= 0.6 is 0 Å². The molecule has 0 bridgehead atoms. The summed E-state index contributed by atoms with van der Waals surface area (Å²) < 4.78 is 0. The van der Waals surface area contributed by atoms with Gasteiger partial charge in [0, 0.05) is 9.04 Å². The lowest BCUT2D eigenvalue weighted by molar-refractivity contribution is 0.562. The van der Waals surface area contributed by atoms with Crippen LogP contribution in [0.5, 0.6) is 0 Å². The van der Waals surface area contributed by atoms with Crippen LogP contribution in [0.15, 0.2) is 0 Å². The van der Waals surface area contributed by atoms with Crippen molar-refractivity contribution in [3.8, 4) is 0 Å². The van der Waals surface area contributed by atoms with Gasteiger partial charge in [0.2, 0.25) is 0 Å². The minimum Gasteiger partial charge on any atom is -0.0655 e. The minimum atomic E-state index is 0.569. The van der Waals surface area contributed by atoms with Crippen LogP contribution in [-0.2, 0) is 0 Å². The van der Waals surface area contributed by atoms with Gasteiger partial charge in [0.05, 0.1) is 0 Å². The van der Waals surface area contributed by atoms with E-state index in [1.54, 1.807) is 28.6 Å². The predicted molar refractivity (Wildman–Crippen MR) is 83.7 cm³/mol. The Hall–Kier alpha value is 0.651. The molecule has 0 atom stereocenters. The molecular weight excluding hydrogens is 228 g/mol. The maximum atomic E-state index is 2.30. The second-order valence-corrected chi connectivity index (χ2v) is 21.4. The van der Waals surface area contributed by atoms with E-state index in [1.165, 1.54) is 51.4 Å². The number of hydrogen-bond donors (Lipinski definition) is 0. The summed E-state index contributed by atoms with van der Waals surface area (Å²) in [5, 5.41) is 0. The fourth-order valence-electron chi connectivity index (χ4n) is 2.09. The van der Waals surface area contributed by atoms with E-state index in [9.17, 15) is 0 Å². The van der Waals surface area contributed by atoms with Crippen LogP contribution in [0.1, 0.15) is 71.1 Å². The van der Waals surface area contributed by atoms with Gasteiger partial charge in [-0.3, -0.25) is 0 Å². The molecule has 0 aliphatic rings. The first-order chi connectivity index (χ1) is 7.41. The van der Waals surface area contributed by atoms with Crippen LogP contribution in [0.4, 0.5) is 0 Å². The molecule has 15 heavy (non-hydrogen) atoms. The average Bonchev–Trinajstić information content (AvgIpc) is 2.26. The number of unbranched alkanes of at least 4 members (excludes halogenated alkanes) is 9. The molecular formula is C12H32Si3. The van der Waals surface area contributed by atoms with Crippen LogP contribution < -0.4 is 0 Å². The zero-order valence-electron chi connectivity index (χ0n) is 11.2. The van der Waals surface area contributed by atoms with Gasteiger partial charge in [0.15, 0.2) is 0 Å². The second-order valence-electron chi connectivity index (χ2n) is 4.89. The van der Waals surface area contributed by atoms with Crippen molar-refractivity contribution in [3.05, 3.63) is 0 Å². The first-order valence-corrected chi connectivity index (χ1v) is 18.1. The first-order valence-electron chi connectivity index (χ1n) is 7.41. The Morgan fingerprint density at radius 2 is 1.20 bits per heavy atom. The monoisotopic (exact) mass is 260 g/mol. The molecule has 0 spiro atoms. The maximum absolute atomic E-state index is 2.30. The molecule has 0 aliphatic heterocycles. The molecule has 0 amide bonds. The highest BCUT2D eigenvalue weighted by molar-refractivity contribution is 7.23. The molecule has 0 unspecified atom stereocenters. The quantitative estimate of drug-likeness (QED) is 0.371. The van der Waals surface area contributed by atoms with E-state index >= 15 is 0 Å². The standard InChI is InChI=1S/C12H32Si3/c1-2-3-4-5-6-7-8-9-10-11-12-14-15-13/h2-12,14-15H2,1,13H3. The fraction of sp³-hybridized carbons (Fsp3) is 1.00. The predicted octanol–water partition coefficient (Wildman–Crippen LogP) is 1.86. The normalized spacial score (nSPS) is 12.6. The topological polar surface area (TPSA) is 0 Å². The SMILES string of the molecule is CCCCCCCCCCCC[SiH2][SiH2][SiH3]. The Morgan fingerprint density at radius 1 is 0.733 bits per heavy atom. The third-order valence-corrected chi connectivity index (χ3v) is 14.9. The van der Waals surface area contributed by atoms with Gasteiger partial charge in [0.1, 0.15) is 0 Å². The molecule has 0 radical (unpaired) electrons. The summed E-state index contributed by atoms with van der Waals surface area (Å²) in [7, 11) is 2.82. The lowest BCUT2D eigenvalue weighted by Crippen LogP contribution is -2.01. The second kappa shape index (κ2) is 14.7. The highest BCUT2D eigenvalue weighted by Crippen LogP contribution is 2.10. The van der Waals surface area contributed by atoms with Gasteiger partial charge < -0.3 is 0 Å². The van der Waals surface area contributed by atoms with Gasteiger partial charge in [-0.1, -0.05) is 77.2 Å². The number of rotatable bonds is 12. The molecule has 92 valence electrons. The lowest BCUT2D eigenvalue weighted by Gasteiger charge is -2.01. The number of hydrogen-bond acceptors (Lipinski definition) is 0.